The molecule has 0 aliphatic heterocycles. The van der Waals surface area contributed by atoms with E-state index in [0.717, 1.165) is 0 Å². The summed E-state index contributed by atoms with van der Waals surface area (Å²) in [5.41, 5.74) is 0.186. The summed E-state index contributed by atoms with van der Waals surface area (Å²) in [5, 5.41) is 21.3. The zero-order chi connectivity index (χ0) is 13.8. The number of amides is 2. The van der Waals surface area contributed by atoms with Gasteiger partial charge in [-0.1, -0.05) is 5.21 Å². The van der Waals surface area contributed by atoms with Crippen LogP contribution in [-0.4, -0.2) is 37.6 Å². The number of carbonyl (C=O) groups excluding carboxylic acids is 1. The standard InChI is InChI=1S/C10H17N5O3/c1-10(2,3)12-9(18)11-4-7-5-15(14-13-7)6-8(16)17/h5H,4,6H2,1-3H3,(H,16,17)(H2,11,12,18). The molecule has 1 aromatic rings. The highest BCUT2D eigenvalue weighted by Crippen LogP contribution is 1.98. The van der Waals surface area contributed by atoms with Crippen molar-refractivity contribution in [1.82, 2.24) is 25.6 Å². The molecule has 1 heterocycles. The topological polar surface area (TPSA) is 109 Å². The number of carboxylic acids is 1. The molecular weight excluding hydrogens is 238 g/mol. The Bertz CT molecular complexity index is 435. The van der Waals surface area contributed by atoms with Crippen molar-refractivity contribution in [3.8, 4) is 0 Å². The summed E-state index contributed by atoms with van der Waals surface area (Å²) in [4.78, 5) is 21.9. The van der Waals surface area contributed by atoms with Gasteiger partial charge in [0.15, 0.2) is 0 Å². The van der Waals surface area contributed by atoms with Crippen molar-refractivity contribution < 1.29 is 14.7 Å². The molecule has 0 atom stereocenters. The van der Waals surface area contributed by atoms with E-state index < -0.39 is 5.97 Å². The van der Waals surface area contributed by atoms with E-state index in [2.05, 4.69) is 20.9 Å². The summed E-state index contributed by atoms with van der Waals surface area (Å²) >= 11 is 0. The normalized spacial score (nSPS) is 11.1. The van der Waals surface area contributed by atoms with E-state index in [9.17, 15) is 9.59 Å². The predicted octanol–water partition coefficient (Wildman–Crippen LogP) is -0.0396. The minimum atomic E-state index is -0.995. The van der Waals surface area contributed by atoms with Gasteiger partial charge >= 0.3 is 12.0 Å². The van der Waals surface area contributed by atoms with Crippen LogP contribution in [0, 0.1) is 0 Å². The third-order valence-electron chi connectivity index (χ3n) is 1.80. The summed E-state index contributed by atoms with van der Waals surface area (Å²) in [6, 6.07) is -0.310. The Morgan fingerprint density at radius 2 is 2.11 bits per heavy atom. The quantitative estimate of drug-likeness (QED) is 0.699. The van der Waals surface area contributed by atoms with Gasteiger partial charge in [-0.2, -0.15) is 0 Å². The summed E-state index contributed by atoms with van der Waals surface area (Å²) in [6.45, 7) is 5.56. The van der Waals surface area contributed by atoms with Gasteiger partial charge in [-0.3, -0.25) is 4.79 Å². The first kappa shape index (κ1) is 13.9. The van der Waals surface area contributed by atoms with Crippen molar-refractivity contribution in [2.45, 2.75) is 39.4 Å². The minimum Gasteiger partial charge on any atom is -0.480 e. The molecule has 0 bridgehead atoms. The molecule has 100 valence electrons. The van der Waals surface area contributed by atoms with Gasteiger partial charge in [0.2, 0.25) is 0 Å². The fourth-order valence-electron chi connectivity index (χ4n) is 1.19. The summed E-state index contributed by atoms with van der Waals surface area (Å²) in [7, 11) is 0. The number of carbonyl (C=O) groups is 2. The molecule has 0 aliphatic rings. The highest BCUT2D eigenvalue weighted by Gasteiger charge is 2.13. The zero-order valence-corrected chi connectivity index (χ0v) is 10.6. The van der Waals surface area contributed by atoms with E-state index in [1.807, 2.05) is 20.8 Å². The molecule has 0 saturated heterocycles. The second-order valence-corrected chi connectivity index (χ2v) is 4.86. The van der Waals surface area contributed by atoms with E-state index in [-0.39, 0.29) is 24.7 Å². The third kappa shape index (κ3) is 5.28. The molecule has 1 aromatic heterocycles. The maximum absolute atomic E-state index is 11.4. The first-order valence-electron chi connectivity index (χ1n) is 5.43. The fourth-order valence-corrected chi connectivity index (χ4v) is 1.19. The molecule has 2 amide bonds. The molecule has 1 rings (SSSR count). The van der Waals surface area contributed by atoms with Gasteiger partial charge in [0.1, 0.15) is 12.2 Å². The number of aliphatic carboxylic acids is 1. The van der Waals surface area contributed by atoms with E-state index in [0.29, 0.717) is 5.69 Å². The lowest BCUT2D eigenvalue weighted by Gasteiger charge is -2.20. The Labute approximate surface area is 104 Å². The Morgan fingerprint density at radius 3 is 2.67 bits per heavy atom. The first-order chi connectivity index (χ1) is 8.26. The van der Waals surface area contributed by atoms with Crippen LogP contribution in [0.1, 0.15) is 26.5 Å². The Balaban J connectivity index is 2.42. The second-order valence-electron chi connectivity index (χ2n) is 4.86. The van der Waals surface area contributed by atoms with Crippen LogP contribution in [-0.2, 0) is 17.9 Å². The maximum atomic E-state index is 11.4. The Kier molecular flexibility index (Phi) is 4.24. The van der Waals surface area contributed by atoms with Gasteiger partial charge in [0.25, 0.3) is 0 Å². The lowest BCUT2D eigenvalue weighted by molar-refractivity contribution is -0.137. The van der Waals surface area contributed by atoms with Crippen molar-refractivity contribution in [3.05, 3.63) is 11.9 Å². The lowest BCUT2D eigenvalue weighted by Crippen LogP contribution is -2.46. The van der Waals surface area contributed by atoms with Crippen LogP contribution in [0.4, 0.5) is 4.79 Å². The van der Waals surface area contributed by atoms with Gasteiger partial charge in [-0.25, -0.2) is 9.48 Å². The summed E-state index contributed by atoms with van der Waals surface area (Å²) < 4.78 is 1.20. The number of aromatic nitrogens is 3. The Morgan fingerprint density at radius 1 is 1.44 bits per heavy atom. The van der Waals surface area contributed by atoms with Gasteiger partial charge in [-0.05, 0) is 20.8 Å². The fraction of sp³-hybridized carbons (Fsp3) is 0.600. The summed E-state index contributed by atoms with van der Waals surface area (Å²) in [6.07, 6.45) is 1.48. The van der Waals surface area contributed by atoms with Crippen LogP contribution in [0.15, 0.2) is 6.20 Å². The number of nitrogens with zero attached hydrogens (tertiary/aromatic N) is 3. The number of hydrogen-bond acceptors (Lipinski definition) is 4. The van der Waals surface area contributed by atoms with E-state index in [4.69, 9.17) is 5.11 Å². The van der Waals surface area contributed by atoms with Crippen molar-refractivity contribution in [2.75, 3.05) is 0 Å². The number of urea groups is 1. The van der Waals surface area contributed by atoms with E-state index in [1.54, 1.807) is 0 Å². The highest BCUT2D eigenvalue weighted by molar-refractivity contribution is 5.74. The molecule has 8 nitrogen and oxygen atoms in total. The van der Waals surface area contributed by atoms with Crippen molar-refractivity contribution in [1.29, 1.82) is 0 Å². The molecule has 0 unspecified atom stereocenters. The molecule has 0 aromatic carbocycles. The average molecular weight is 255 g/mol. The molecular formula is C10H17N5O3. The molecule has 0 radical (unpaired) electrons. The molecule has 0 saturated carbocycles. The molecule has 0 spiro atoms. The molecule has 3 N–H and O–H groups in total. The molecule has 18 heavy (non-hydrogen) atoms. The number of hydrogen-bond donors (Lipinski definition) is 3. The van der Waals surface area contributed by atoms with E-state index >= 15 is 0 Å². The Hall–Kier alpha value is -2.12. The van der Waals surface area contributed by atoms with Gasteiger partial charge in [0, 0.05) is 5.54 Å². The van der Waals surface area contributed by atoms with Gasteiger partial charge in [-0.15, -0.1) is 5.10 Å². The highest BCUT2D eigenvalue weighted by atomic mass is 16.4. The average Bonchev–Trinajstić information content (AvgIpc) is 2.59. The molecule has 0 aliphatic carbocycles. The molecule has 0 fully saturated rings. The van der Waals surface area contributed by atoms with Crippen molar-refractivity contribution in [3.63, 3.8) is 0 Å². The largest absolute Gasteiger partial charge is 0.480 e. The van der Waals surface area contributed by atoms with Crippen LogP contribution < -0.4 is 10.6 Å². The van der Waals surface area contributed by atoms with Crippen LogP contribution in [0.25, 0.3) is 0 Å². The van der Waals surface area contributed by atoms with Gasteiger partial charge in [0.05, 0.1) is 12.7 Å². The van der Waals surface area contributed by atoms with Crippen LogP contribution in [0.5, 0.6) is 0 Å². The first-order valence-corrected chi connectivity index (χ1v) is 5.43. The second kappa shape index (κ2) is 5.48. The van der Waals surface area contributed by atoms with Gasteiger partial charge < -0.3 is 15.7 Å². The van der Waals surface area contributed by atoms with Crippen LogP contribution >= 0.6 is 0 Å². The summed E-state index contributed by atoms with van der Waals surface area (Å²) in [5.74, 6) is -0.995. The van der Waals surface area contributed by atoms with Crippen molar-refractivity contribution >= 4 is 12.0 Å². The predicted molar refractivity (Wildman–Crippen MR) is 62.8 cm³/mol. The number of carboxylic acid groups (broad SMARTS) is 1. The van der Waals surface area contributed by atoms with Crippen LogP contribution in [0.3, 0.4) is 0 Å². The molecule has 8 heteroatoms. The minimum absolute atomic E-state index is 0.196. The SMILES string of the molecule is CC(C)(C)NC(=O)NCc1cn(CC(=O)O)nn1. The van der Waals surface area contributed by atoms with Crippen molar-refractivity contribution in [2.24, 2.45) is 0 Å². The smallest absolute Gasteiger partial charge is 0.325 e. The number of nitrogens with one attached hydrogen (secondary N) is 2. The lowest BCUT2D eigenvalue weighted by atomic mass is 10.1. The van der Waals surface area contributed by atoms with Crippen LogP contribution in [0.2, 0.25) is 0 Å². The maximum Gasteiger partial charge on any atom is 0.325 e. The third-order valence-corrected chi connectivity index (χ3v) is 1.80. The van der Waals surface area contributed by atoms with E-state index in [1.165, 1.54) is 10.9 Å². The number of rotatable bonds is 4. The monoisotopic (exact) mass is 255 g/mol. The zero-order valence-electron chi connectivity index (χ0n) is 10.6.